The number of thiophene rings is 1. The van der Waals surface area contributed by atoms with Crippen LogP contribution in [0.5, 0.6) is 0 Å². The number of nitrogens with zero attached hydrogens (tertiary/aromatic N) is 3. The van der Waals surface area contributed by atoms with Gasteiger partial charge in [-0.2, -0.15) is 0 Å². The Kier molecular flexibility index (Phi) is 18.2. The van der Waals surface area contributed by atoms with E-state index >= 15 is 0 Å². The van der Waals surface area contributed by atoms with Gasteiger partial charge in [0.05, 0.1) is 42.8 Å². The SMILES string of the molecule is CCOCc1nc2c(N)nc3cc(Cc4ccc(CNC(=O)COCNC(=O)CNC(=O)[C@H](Cc5ccccc5)NC(=O)CNC(=O)CNC(=O)OCC5c6ccccc6-c6ccccc65)s4)ccc3c2n1CC(C)(C)O. The number of alkyl carbamates (subject to hydrolysis) is 1. The van der Waals surface area contributed by atoms with Crippen LogP contribution in [0.15, 0.2) is 109 Å². The number of imidazole rings is 1. The molecule has 0 saturated heterocycles. The predicted molar refractivity (Wildman–Crippen MR) is 290 cm³/mol. The molecule has 0 unspecified atom stereocenters. The molecule has 8 rings (SSSR count). The summed E-state index contributed by atoms with van der Waals surface area (Å²) in [6.07, 6.45) is -0.0914. The van der Waals surface area contributed by atoms with Crippen LogP contribution >= 0.6 is 11.3 Å². The largest absolute Gasteiger partial charge is 0.449 e. The average Bonchev–Trinajstić information content (AvgIpc) is 4.23. The highest BCUT2D eigenvalue weighted by atomic mass is 32.1. The van der Waals surface area contributed by atoms with E-state index in [1.54, 1.807) is 55.5 Å². The number of hydrogen-bond donors (Lipinski definition) is 8. The van der Waals surface area contributed by atoms with Gasteiger partial charge in [0.1, 0.15) is 50.5 Å². The third-order valence-corrected chi connectivity index (χ3v) is 13.6. The van der Waals surface area contributed by atoms with Crippen LogP contribution in [0.4, 0.5) is 10.6 Å². The fourth-order valence-corrected chi connectivity index (χ4v) is 9.99. The van der Waals surface area contributed by atoms with E-state index in [-0.39, 0.29) is 45.4 Å². The zero-order valence-electron chi connectivity index (χ0n) is 43.0. The minimum Gasteiger partial charge on any atom is -0.449 e. The summed E-state index contributed by atoms with van der Waals surface area (Å²) in [6, 6.07) is 33.6. The maximum Gasteiger partial charge on any atom is 0.407 e. The number of pyridine rings is 1. The Morgan fingerprint density at radius 3 is 2.14 bits per heavy atom. The monoisotopic (exact) mass is 1070 g/mol. The number of carbonyl (C=O) groups excluding carboxylic acids is 6. The average molecular weight is 1070 g/mol. The van der Waals surface area contributed by atoms with Crippen molar-refractivity contribution < 1.29 is 48.1 Å². The highest BCUT2D eigenvalue weighted by Gasteiger charge is 2.30. The van der Waals surface area contributed by atoms with Crippen molar-refractivity contribution in [2.45, 2.75) is 70.9 Å². The first kappa shape index (κ1) is 55.0. The quantitative estimate of drug-likeness (QED) is 0.0293. The van der Waals surface area contributed by atoms with E-state index in [2.05, 4.69) is 36.9 Å². The summed E-state index contributed by atoms with van der Waals surface area (Å²) in [7, 11) is 0. The van der Waals surface area contributed by atoms with Crippen LogP contribution in [0.2, 0.25) is 0 Å². The highest BCUT2D eigenvalue weighted by Crippen LogP contribution is 2.44. The molecule has 0 saturated carbocycles. The number of fused-ring (bicyclic) bond motifs is 6. The van der Waals surface area contributed by atoms with Crippen molar-refractivity contribution in [3.8, 4) is 11.1 Å². The van der Waals surface area contributed by atoms with Crippen LogP contribution in [-0.4, -0.2) is 113 Å². The molecule has 0 bridgehead atoms. The van der Waals surface area contributed by atoms with Crippen LogP contribution in [0, 0.1) is 0 Å². The molecule has 1 atom stereocenters. The lowest BCUT2D eigenvalue weighted by Gasteiger charge is -2.20. The van der Waals surface area contributed by atoms with E-state index in [0.29, 0.717) is 42.2 Å². The Labute approximate surface area is 448 Å². The van der Waals surface area contributed by atoms with Gasteiger partial charge in [-0.3, -0.25) is 24.0 Å². The molecule has 3 heterocycles. The topological polar surface area (TPSA) is 279 Å². The molecule has 20 nitrogen and oxygen atoms in total. The first-order valence-electron chi connectivity index (χ1n) is 25.1. The number of anilines is 1. The van der Waals surface area contributed by atoms with Crippen molar-refractivity contribution in [1.82, 2.24) is 46.4 Å². The number of nitrogens with one attached hydrogen (secondary N) is 6. The Hall–Kier alpha value is -8.24. The zero-order valence-corrected chi connectivity index (χ0v) is 43.8. The molecule has 9 N–H and O–H groups in total. The second-order valence-electron chi connectivity index (χ2n) is 19.0. The Morgan fingerprint density at radius 2 is 1.42 bits per heavy atom. The van der Waals surface area contributed by atoms with Gasteiger partial charge in [-0.05, 0) is 72.4 Å². The summed E-state index contributed by atoms with van der Waals surface area (Å²) in [5.74, 6) is -2.20. The van der Waals surface area contributed by atoms with E-state index in [0.717, 1.165) is 54.0 Å². The molecular formula is C56H62N10O10S. The van der Waals surface area contributed by atoms with Crippen LogP contribution in [-0.2, 0) is 70.7 Å². The van der Waals surface area contributed by atoms with E-state index in [1.807, 2.05) is 90.4 Å². The number of nitrogen functional groups attached to an aromatic ring is 1. The molecule has 0 aliphatic heterocycles. The molecule has 1 aliphatic rings. The summed E-state index contributed by atoms with van der Waals surface area (Å²) in [5.41, 5.74) is 13.5. The molecule has 3 aromatic heterocycles. The second-order valence-corrected chi connectivity index (χ2v) is 20.3. The lowest BCUT2D eigenvalue weighted by molar-refractivity contribution is -0.131. The molecule has 1 aliphatic carbocycles. The van der Waals surface area contributed by atoms with E-state index in [1.165, 1.54) is 0 Å². The molecule has 4 aromatic carbocycles. The highest BCUT2D eigenvalue weighted by molar-refractivity contribution is 7.12. The molecule has 0 fully saturated rings. The van der Waals surface area contributed by atoms with Crippen molar-refractivity contribution >= 4 is 74.7 Å². The second kappa shape index (κ2) is 25.5. The van der Waals surface area contributed by atoms with Crippen molar-refractivity contribution in [3.63, 3.8) is 0 Å². The van der Waals surface area contributed by atoms with Gasteiger partial charge in [0.15, 0.2) is 5.82 Å². The van der Waals surface area contributed by atoms with Gasteiger partial charge >= 0.3 is 6.09 Å². The standard InChI is InChI=1S/C56H62N10O10S/c1-4-74-30-46-65-51-52(66(46)32-56(2,3)73)42-21-18-35(24-44(42)64-53(51)57)22-36-19-20-37(77-36)25-58-50(70)31-75-33-62-48(68)26-60-54(71)45(23-34-12-6-5-7-13-34)63-49(69)28-59-47(67)27-61-55(72)76-29-43-40-16-10-8-14-38(40)39-15-9-11-17-41(39)43/h5-21,24,43,45,73H,4,22-23,25-33H2,1-3H3,(H2,57,64)(H,58,70)(H,59,67)(H,60,71)(H,61,72)(H,62,68)(H,63,69)/t45-/m0/s1. The number of amides is 6. The number of carbonyl (C=O) groups is 6. The van der Waals surface area contributed by atoms with Crippen LogP contribution in [0.1, 0.15) is 64.5 Å². The summed E-state index contributed by atoms with van der Waals surface area (Å²) in [5, 5.41) is 26.9. The summed E-state index contributed by atoms with van der Waals surface area (Å²) in [6.45, 7) is 4.76. The minimum absolute atomic E-state index is 0.0680. The normalized spacial score (nSPS) is 12.4. The molecule has 0 spiro atoms. The fourth-order valence-electron chi connectivity index (χ4n) is 9.00. The number of benzene rings is 4. The van der Waals surface area contributed by atoms with Crippen molar-refractivity contribution in [2.24, 2.45) is 0 Å². The third kappa shape index (κ3) is 14.8. The number of rotatable bonds is 25. The molecule has 402 valence electrons. The van der Waals surface area contributed by atoms with Gasteiger partial charge in [0, 0.05) is 40.5 Å². The molecular weight excluding hydrogens is 1000 g/mol. The van der Waals surface area contributed by atoms with Crippen molar-refractivity contribution in [2.75, 3.05) is 51.9 Å². The first-order valence-corrected chi connectivity index (χ1v) is 26.0. The number of aromatic nitrogens is 3. The number of nitrogens with two attached hydrogens (primary N) is 1. The van der Waals surface area contributed by atoms with Gasteiger partial charge in [-0.15, -0.1) is 11.3 Å². The van der Waals surface area contributed by atoms with Gasteiger partial charge in [0.25, 0.3) is 0 Å². The van der Waals surface area contributed by atoms with Crippen molar-refractivity contribution in [3.05, 3.63) is 147 Å². The minimum atomic E-state index is -1.11. The maximum absolute atomic E-state index is 13.3. The molecule has 21 heteroatoms. The summed E-state index contributed by atoms with van der Waals surface area (Å²) >= 11 is 1.55. The van der Waals surface area contributed by atoms with Gasteiger partial charge in [-0.25, -0.2) is 14.8 Å². The Bertz CT molecular complexity index is 3220. The van der Waals surface area contributed by atoms with Crippen LogP contribution in [0.25, 0.3) is 33.1 Å². The van der Waals surface area contributed by atoms with Gasteiger partial charge < -0.3 is 61.5 Å². The van der Waals surface area contributed by atoms with Gasteiger partial charge in [-0.1, -0.05) is 91.0 Å². The zero-order chi connectivity index (χ0) is 54.5. The van der Waals surface area contributed by atoms with E-state index in [4.69, 9.17) is 24.9 Å². The molecule has 7 aromatic rings. The summed E-state index contributed by atoms with van der Waals surface area (Å²) in [4.78, 5) is 88.1. The van der Waals surface area contributed by atoms with Crippen LogP contribution < -0.4 is 37.6 Å². The number of aliphatic hydroxyl groups is 1. The lowest BCUT2D eigenvalue weighted by atomic mass is 9.98. The fraction of sp³-hybridized carbons (Fsp3) is 0.321. The van der Waals surface area contributed by atoms with E-state index in [9.17, 15) is 33.9 Å². The predicted octanol–water partition coefficient (Wildman–Crippen LogP) is 4.33. The number of ether oxygens (including phenoxy) is 3. The van der Waals surface area contributed by atoms with Crippen molar-refractivity contribution in [1.29, 1.82) is 0 Å². The Morgan fingerprint density at radius 1 is 0.740 bits per heavy atom. The summed E-state index contributed by atoms with van der Waals surface area (Å²) < 4.78 is 18.5. The van der Waals surface area contributed by atoms with E-state index < -0.39 is 66.9 Å². The van der Waals surface area contributed by atoms with Gasteiger partial charge in [0.2, 0.25) is 29.5 Å². The Balaban J connectivity index is 0.730. The smallest absolute Gasteiger partial charge is 0.407 e. The maximum atomic E-state index is 13.3. The molecule has 6 amide bonds. The third-order valence-electron chi connectivity index (χ3n) is 12.5. The van der Waals surface area contributed by atoms with Crippen LogP contribution in [0.3, 0.4) is 0 Å². The number of hydrogen-bond acceptors (Lipinski definition) is 14. The molecule has 77 heavy (non-hydrogen) atoms. The first-order chi connectivity index (χ1) is 37.1. The molecule has 0 radical (unpaired) electrons. The lowest BCUT2D eigenvalue weighted by Crippen LogP contribution is -2.52.